The molecule has 0 saturated heterocycles. The highest BCUT2D eigenvalue weighted by molar-refractivity contribution is 7.86. The number of nitrogens with zero attached hydrogens (tertiary/aromatic N) is 1. The molecule has 3 rings (SSSR count). The van der Waals surface area contributed by atoms with Crippen LogP contribution in [0.1, 0.15) is 16.7 Å². The van der Waals surface area contributed by atoms with E-state index in [0.29, 0.717) is 11.3 Å². The fourth-order valence-electron chi connectivity index (χ4n) is 3.15. The van der Waals surface area contributed by atoms with Crippen molar-refractivity contribution >= 4 is 22.2 Å². The van der Waals surface area contributed by atoms with E-state index in [0.717, 1.165) is 17.2 Å². The van der Waals surface area contributed by atoms with Gasteiger partial charge < -0.3 is 4.74 Å². The third kappa shape index (κ3) is 5.77. The number of nitrogens with one attached hydrogen (secondary N) is 1. The summed E-state index contributed by atoms with van der Waals surface area (Å²) in [5.74, 6) is -0.350. The second kappa shape index (κ2) is 9.71. The number of ether oxygens (including phenoxy) is 1. The minimum atomic E-state index is -4.52. The molecule has 166 valence electrons. The Balaban J connectivity index is 1.87. The molecule has 0 spiro atoms. The third-order valence-electron chi connectivity index (χ3n) is 4.61. The van der Waals surface area contributed by atoms with Crippen LogP contribution in [0.2, 0.25) is 0 Å². The Morgan fingerprint density at radius 3 is 2.62 bits per heavy atom. The number of hydrogen-bond acceptors (Lipinski definition) is 5. The lowest BCUT2D eigenvalue weighted by Crippen LogP contribution is -2.19. The van der Waals surface area contributed by atoms with Gasteiger partial charge in [0.15, 0.2) is 0 Å². The van der Waals surface area contributed by atoms with Gasteiger partial charge in [0.2, 0.25) is 5.91 Å². The van der Waals surface area contributed by atoms with Crippen LogP contribution in [0.3, 0.4) is 0 Å². The van der Waals surface area contributed by atoms with E-state index in [9.17, 15) is 22.2 Å². The lowest BCUT2D eigenvalue weighted by Gasteiger charge is -2.11. The van der Waals surface area contributed by atoms with Crippen LogP contribution < -0.4 is 10.2 Å². The number of amides is 1. The molecule has 3 aromatic carbocycles. The number of rotatable bonds is 7. The minimum Gasteiger partial charge on any atom is -0.497 e. The third-order valence-corrected chi connectivity index (χ3v) is 5.52. The number of hydrazone groups is 1. The number of aryl methyl sites for hydroxylation is 1. The second-order valence-electron chi connectivity index (χ2n) is 7.03. The van der Waals surface area contributed by atoms with E-state index in [1.165, 1.54) is 31.5 Å². The van der Waals surface area contributed by atoms with Crippen molar-refractivity contribution in [2.45, 2.75) is 18.2 Å². The first-order valence-electron chi connectivity index (χ1n) is 9.50. The maximum absolute atomic E-state index is 13.9. The van der Waals surface area contributed by atoms with E-state index in [2.05, 4.69) is 10.5 Å². The molecule has 0 aromatic heterocycles. The molecule has 1 amide bonds. The van der Waals surface area contributed by atoms with Crippen molar-refractivity contribution in [3.8, 4) is 16.9 Å². The van der Waals surface area contributed by atoms with Gasteiger partial charge >= 0.3 is 0 Å². The van der Waals surface area contributed by atoms with Gasteiger partial charge in [0.25, 0.3) is 10.1 Å². The van der Waals surface area contributed by atoms with Crippen molar-refractivity contribution in [2.24, 2.45) is 5.10 Å². The standard InChI is InChI=1S/C23H21FN2O5S/c1-15-6-9-22(32(28,29)30)21(10-15)20-8-7-18(24)13-17(20)14-25-26-23(27)12-16-4-3-5-19(11-16)31-2/h3-11,13-14H,12H2,1-2H3,(H,26,27)(H,28,29,30)/b25-14+. The van der Waals surface area contributed by atoms with Gasteiger partial charge in [0.05, 0.1) is 19.7 Å². The van der Waals surface area contributed by atoms with Gasteiger partial charge in [0.1, 0.15) is 16.5 Å². The number of carbonyl (C=O) groups is 1. The van der Waals surface area contributed by atoms with Crippen LogP contribution >= 0.6 is 0 Å². The summed E-state index contributed by atoms with van der Waals surface area (Å²) in [6.45, 7) is 1.76. The monoisotopic (exact) mass is 456 g/mol. The van der Waals surface area contributed by atoms with Crippen molar-refractivity contribution in [1.29, 1.82) is 0 Å². The Labute approximate surface area is 185 Å². The fourth-order valence-corrected chi connectivity index (χ4v) is 3.83. The van der Waals surface area contributed by atoms with Gasteiger partial charge in [-0.05, 0) is 48.4 Å². The van der Waals surface area contributed by atoms with Crippen molar-refractivity contribution < 1.29 is 26.9 Å². The molecule has 0 aliphatic heterocycles. The Morgan fingerprint density at radius 2 is 1.91 bits per heavy atom. The largest absolute Gasteiger partial charge is 0.497 e. The maximum atomic E-state index is 13.9. The summed E-state index contributed by atoms with van der Waals surface area (Å²) in [6, 6.07) is 15.1. The molecule has 0 radical (unpaired) electrons. The van der Waals surface area contributed by atoms with Gasteiger partial charge in [-0.25, -0.2) is 9.82 Å². The normalized spacial score (nSPS) is 11.5. The van der Waals surface area contributed by atoms with E-state index in [1.807, 2.05) is 0 Å². The van der Waals surface area contributed by atoms with E-state index >= 15 is 0 Å². The van der Waals surface area contributed by atoms with Crippen LogP contribution in [0.25, 0.3) is 11.1 Å². The highest BCUT2D eigenvalue weighted by atomic mass is 32.2. The molecule has 0 atom stereocenters. The zero-order valence-corrected chi connectivity index (χ0v) is 18.2. The predicted molar refractivity (Wildman–Crippen MR) is 119 cm³/mol. The first kappa shape index (κ1) is 23.1. The van der Waals surface area contributed by atoms with Gasteiger partial charge in [-0.15, -0.1) is 0 Å². The average molecular weight is 456 g/mol. The summed E-state index contributed by atoms with van der Waals surface area (Å²) in [4.78, 5) is 11.9. The second-order valence-corrected chi connectivity index (χ2v) is 8.42. The highest BCUT2D eigenvalue weighted by Gasteiger charge is 2.19. The number of halogens is 1. The smallest absolute Gasteiger partial charge is 0.295 e. The summed E-state index contributed by atoms with van der Waals surface area (Å²) < 4.78 is 52.3. The number of hydrogen-bond donors (Lipinski definition) is 2. The van der Waals surface area contributed by atoms with Crippen LogP contribution in [0.15, 0.2) is 70.7 Å². The van der Waals surface area contributed by atoms with E-state index in [-0.39, 0.29) is 22.4 Å². The summed E-state index contributed by atoms with van der Waals surface area (Å²) in [5, 5.41) is 3.89. The molecule has 2 N–H and O–H groups in total. The zero-order valence-electron chi connectivity index (χ0n) is 17.4. The highest BCUT2D eigenvalue weighted by Crippen LogP contribution is 2.31. The maximum Gasteiger partial charge on any atom is 0.295 e. The molecular weight excluding hydrogens is 435 g/mol. The van der Waals surface area contributed by atoms with Crippen molar-refractivity contribution in [1.82, 2.24) is 5.43 Å². The quantitative estimate of drug-likeness (QED) is 0.320. The van der Waals surface area contributed by atoms with Gasteiger partial charge in [-0.1, -0.05) is 35.9 Å². The Kier molecular flexibility index (Phi) is 7.01. The van der Waals surface area contributed by atoms with Gasteiger partial charge in [0, 0.05) is 11.1 Å². The van der Waals surface area contributed by atoms with Gasteiger partial charge in [-0.3, -0.25) is 9.35 Å². The molecule has 9 heteroatoms. The Hall–Kier alpha value is -3.56. The molecule has 7 nitrogen and oxygen atoms in total. The first-order valence-corrected chi connectivity index (χ1v) is 10.9. The fraction of sp³-hybridized carbons (Fsp3) is 0.130. The molecule has 0 bridgehead atoms. The molecule has 0 aliphatic rings. The van der Waals surface area contributed by atoms with E-state index < -0.39 is 21.8 Å². The number of benzene rings is 3. The van der Waals surface area contributed by atoms with Crippen LogP contribution in [0, 0.1) is 12.7 Å². The molecule has 0 unspecified atom stereocenters. The van der Waals surface area contributed by atoms with E-state index in [4.69, 9.17) is 4.74 Å². The molecular formula is C23H21FN2O5S. The minimum absolute atomic E-state index is 0.0509. The molecule has 32 heavy (non-hydrogen) atoms. The SMILES string of the molecule is COc1cccc(CC(=O)N/N=C/c2cc(F)ccc2-c2cc(C)ccc2S(=O)(=O)O)c1. The number of methoxy groups -OCH3 is 1. The molecule has 0 aliphatic carbocycles. The predicted octanol–water partition coefficient (Wildman–Crippen LogP) is 3.75. The Bertz CT molecular complexity index is 1290. The van der Waals surface area contributed by atoms with Gasteiger partial charge in [-0.2, -0.15) is 13.5 Å². The average Bonchev–Trinajstić information content (AvgIpc) is 2.73. The van der Waals surface area contributed by atoms with Crippen molar-refractivity contribution in [3.63, 3.8) is 0 Å². The van der Waals surface area contributed by atoms with Crippen molar-refractivity contribution in [3.05, 3.63) is 83.2 Å². The lowest BCUT2D eigenvalue weighted by atomic mass is 9.98. The van der Waals surface area contributed by atoms with Crippen LogP contribution in [-0.4, -0.2) is 32.2 Å². The first-order chi connectivity index (χ1) is 15.2. The molecule has 0 heterocycles. The van der Waals surface area contributed by atoms with Crippen LogP contribution in [-0.2, 0) is 21.3 Å². The zero-order chi connectivity index (χ0) is 23.3. The molecule has 0 saturated carbocycles. The molecule has 3 aromatic rings. The lowest BCUT2D eigenvalue weighted by molar-refractivity contribution is -0.120. The van der Waals surface area contributed by atoms with Crippen LogP contribution in [0.5, 0.6) is 5.75 Å². The summed E-state index contributed by atoms with van der Waals surface area (Å²) in [7, 11) is -2.99. The summed E-state index contributed by atoms with van der Waals surface area (Å²) in [5.41, 5.74) is 4.58. The topological polar surface area (TPSA) is 105 Å². The summed E-state index contributed by atoms with van der Waals surface area (Å²) >= 11 is 0. The summed E-state index contributed by atoms with van der Waals surface area (Å²) in [6.07, 6.45) is 1.27. The molecule has 0 fully saturated rings. The Morgan fingerprint density at radius 1 is 1.12 bits per heavy atom. The number of carbonyl (C=O) groups excluding carboxylic acids is 1. The van der Waals surface area contributed by atoms with Crippen LogP contribution in [0.4, 0.5) is 4.39 Å². The van der Waals surface area contributed by atoms with E-state index in [1.54, 1.807) is 43.3 Å². The van der Waals surface area contributed by atoms with Crippen molar-refractivity contribution in [2.75, 3.05) is 7.11 Å².